The van der Waals surface area contributed by atoms with Gasteiger partial charge in [-0.25, -0.2) is 9.59 Å². The van der Waals surface area contributed by atoms with Gasteiger partial charge in [0, 0.05) is 12.6 Å². The number of unbranched alkanes of at least 4 members (excludes halogenated alkanes) is 1. The van der Waals surface area contributed by atoms with Gasteiger partial charge in [-0.05, 0) is 59.4 Å². The lowest BCUT2D eigenvalue weighted by molar-refractivity contribution is -0.308. The summed E-state index contributed by atoms with van der Waals surface area (Å²) in [6.07, 6.45) is -0.0172. The maximum absolute atomic E-state index is 12.4. The summed E-state index contributed by atoms with van der Waals surface area (Å²) >= 11 is 0. The molecule has 30 heavy (non-hydrogen) atoms. The topological polar surface area (TPSA) is 108 Å². The maximum atomic E-state index is 12.4. The van der Waals surface area contributed by atoms with Gasteiger partial charge in [-0.1, -0.05) is 30.3 Å². The maximum Gasteiger partial charge on any atom is 0.410 e. The van der Waals surface area contributed by atoms with Crippen LogP contribution in [0.15, 0.2) is 30.3 Å². The smallest absolute Gasteiger partial charge is 0.410 e. The Bertz CT molecular complexity index is 685. The molecule has 1 aromatic rings. The van der Waals surface area contributed by atoms with Crippen molar-refractivity contribution in [3.05, 3.63) is 35.9 Å². The molecule has 0 bridgehead atoms. The van der Waals surface area contributed by atoms with Crippen LogP contribution >= 0.6 is 0 Å². The van der Waals surface area contributed by atoms with Crippen LogP contribution in [-0.2, 0) is 20.9 Å². The standard InChI is InChI=1S/C22H34N2O6/c1-16(2)24(21(28)29-15-17-11-7-6-8-12-17)14-10-9-13-18(19(25)26)23-20(27)30-22(3,4)5/h6-8,11-12,16,18H,9-10,13-15H2,1-5H3,(H,23,27)(H,25,26)/p-1/t18-/m0/s1. The Labute approximate surface area is 178 Å². The third-order valence-electron chi connectivity index (χ3n) is 4.18. The van der Waals surface area contributed by atoms with E-state index in [9.17, 15) is 19.5 Å². The molecular formula is C22H33N2O6-. The van der Waals surface area contributed by atoms with Gasteiger partial charge in [-0.3, -0.25) is 0 Å². The number of ether oxygens (including phenoxy) is 2. The van der Waals surface area contributed by atoms with Crippen molar-refractivity contribution < 1.29 is 29.0 Å². The number of amides is 2. The van der Waals surface area contributed by atoms with Crippen LogP contribution in [0.3, 0.4) is 0 Å². The van der Waals surface area contributed by atoms with Crippen molar-refractivity contribution in [1.29, 1.82) is 0 Å². The van der Waals surface area contributed by atoms with Gasteiger partial charge < -0.3 is 29.6 Å². The van der Waals surface area contributed by atoms with Crippen LogP contribution in [0.5, 0.6) is 0 Å². The number of aliphatic carboxylic acids is 1. The summed E-state index contributed by atoms with van der Waals surface area (Å²) in [6.45, 7) is 9.45. The molecule has 0 aliphatic carbocycles. The van der Waals surface area contributed by atoms with Crippen LogP contribution in [-0.4, -0.2) is 47.3 Å². The van der Waals surface area contributed by atoms with Gasteiger partial charge in [0.15, 0.2) is 0 Å². The zero-order chi connectivity index (χ0) is 22.7. The van der Waals surface area contributed by atoms with Crippen LogP contribution in [0, 0.1) is 0 Å². The summed E-state index contributed by atoms with van der Waals surface area (Å²) in [4.78, 5) is 37.1. The fraction of sp³-hybridized carbons (Fsp3) is 0.591. The Morgan fingerprint density at radius 1 is 1.10 bits per heavy atom. The molecule has 0 fully saturated rings. The van der Waals surface area contributed by atoms with Gasteiger partial charge in [-0.15, -0.1) is 0 Å². The Morgan fingerprint density at radius 3 is 2.27 bits per heavy atom. The normalized spacial score (nSPS) is 12.2. The number of nitrogens with zero attached hydrogens (tertiary/aromatic N) is 1. The number of carbonyl (C=O) groups excluding carboxylic acids is 3. The van der Waals surface area contributed by atoms with E-state index in [0.29, 0.717) is 19.4 Å². The van der Waals surface area contributed by atoms with Crippen molar-refractivity contribution in [2.45, 2.75) is 78.2 Å². The Balaban J connectivity index is 2.46. The Hall–Kier alpha value is -2.77. The second kappa shape index (κ2) is 12.0. The molecular weight excluding hydrogens is 388 g/mol. The second-order valence-electron chi connectivity index (χ2n) is 8.34. The minimum Gasteiger partial charge on any atom is -0.548 e. The molecule has 0 spiro atoms. The minimum atomic E-state index is -1.37. The molecule has 0 heterocycles. The molecule has 2 amide bonds. The summed E-state index contributed by atoms with van der Waals surface area (Å²) in [6, 6.07) is 8.19. The predicted octanol–water partition coefficient (Wildman–Crippen LogP) is 2.85. The number of carbonyl (C=O) groups is 3. The lowest BCUT2D eigenvalue weighted by atomic mass is 10.1. The number of nitrogens with one attached hydrogen (secondary N) is 1. The summed E-state index contributed by atoms with van der Waals surface area (Å²) in [7, 11) is 0. The monoisotopic (exact) mass is 421 g/mol. The van der Waals surface area contributed by atoms with E-state index in [1.54, 1.807) is 25.7 Å². The molecule has 1 rings (SSSR count). The van der Waals surface area contributed by atoms with Crippen molar-refractivity contribution in [2.75, 3.05) is 6.54 Å². The minimum absolute atomic E-state index is 0.0647. The summed E-state index contributed by atoms with van der Waals surface area (Å²) < 4.78 is 10.5. The molecule has 0 aliphatic rings. The molecule has 1 atom stereocenters. The first-order valence-electron chi connectivity index (χ1n) is 10.2. The summed E-state index contributed by atoms with van der Waals surface area (Å²) in [5.41, 5.74) is 0.179. The van der Waals surface area contributed by atoms with Gasteiger partial charge in [-0.2, -0.15) is 0 Å². The first-order valence-corrected chi connectivity index (χ1v) is 10.2. The van der Waals surface area contributed by atoms with Crippen molar-refractivity contribution >= 4 is 18.2 Å². The van der Waals surface area contributed by atoms with E-state index in [1.165, 1.54) is 0 Å². The number of carboxylic acids is 1. The van der Waals surface area contributed by atoms with Crippen LogP contribution in [0.2, 0.25) is 0 Å². The van der Waals surface area contributed by atoms with Gasteiger partial charge in [0.2, 0.25) is 0 Å². The first-order chi connectivity index (χ1) is 14.0. The molecule has 0 aromatic heterocycles. The molecule has 0 saturated carbocycles. The van der Waals surface area contributed by atoms with Gasteiger partial charge in [0.1, 0.15) is 12.2 Å². The van der Waals surface area contributed by atoms with Crippen LogP contribution in [0.1, 0.15) is 59.4 Å². The molecule has 8 heteroatoms. The zero-order valence-corrected chi connectivity index (χ0v) is 18.5. The van der Waals surface area contributed by atoms with Gasteiger partial charge in [0.25, 0.3) is 0 Å². The van der Waals surface area contributed by atoms with E-state index in [-0.39, 0.29) is 19.1 Å². The first kappa shape index (κ1) is 25.3. The highest BCUT2D eigenvalue weighted by Crippen LogP contribution is 2.11. The molecule has 0 radical (unpaired) electrons. The van der Waals surface area contributed by atoms with Crippen molar-refractivity contribution in [1.82, 2.24) is 10.2 Å². The van der Waals surface area contributed by atoms with Gasteiger partial charge in [0.05, 0.1) is 12.0 Å². The van der Waals surface area contributed by atoms with Gasteiger partial charge >= 0.3 is 12.2 Å². The van der Waals surface area contributed by atoms with Crippen LogP contribution < -0.4 is 10.4 Å². The van der Waals surface area contributed by atoms with Crippen LogP contribution in [0.4, 0.5) is 9.59 Å². The quantitative estimate of drug-likeness (QED) is 0.582. The fourth-order valence-electron chi connectivity index (χ4n) is 2.69. The third kappa shape index (κ3) is 10.1. The number of benzene rings is 1. The lowest BCUT2D eigenvalue weighted by Crippen LogP contribution is -2.49. The van der Waals surface area contributed by atoms with Crippen molar-refractivity contribution in [3.8, 4) is 0 Å². The second-order valence-corrected chi connectivity index (χ2v) is 8.34. The van der Waals surface area contributed by atoms with E-state index >= 15 is 0 Å². The Morgan fingerprint density at radius 2 is 1.73 bits per heavy atom. The average Bonchev–Trinajstić information content (AvgIpc) is 2.64. The number of carboxylic acid groups (broad SMARTS) is 1. The summed E-state index contributed by atoms with van der Waals surface area (Å²) in [5.74, 6) is -1.37. The molecule has 0 unspecified atom stereocenters. The van der Waals surface area contributed by atoms with Crippen molar-refractivity contribution in [2.24, 2.45) is 0 Å². The lowest BCUT2D eigenvalue weighted by Gasteiger charge is -2.27. The molecule has 0 saturated heterocycles. The van der Waals surface area contributed by atoms with E-state index in [0.717, 1.165) is 5.56 Å². The largest absolute Gasteiger partial charge is 0.548 e. The highest BCUT2D eigenvalue weighted by molar-refractivity contribution is 5.78. The highest BCUT2D eigenvalue weighted by atomic mass is 16.6. The van der Waals surface area contributed by atoms with E-state index in [2.05, 4.69) is 5.32 Å². The number of hydrogen-bond acceptors (Lipinski definition) is 6. The third-order valence-corrected chi connectivity index (χ3v) is 4.18. The average molecular weight is 422 g/mol. The Kier molecular flexibility index (Phi) is 10.1. The van der Waals surface area contributed by atoms with E-state index in [1.807, 2.05) is 44.2 Å². The zero-order valence-electron chi connectivity index (χ0n) is 18.5. The van der Waals surface area contributed by atoms with Crippen LogP contribution in [0.25, 0.3) is 0 Å². The molecule has 1 N–H and O–H groups in total. The fourth-order valence-corrected chi connectivity index (χ4v) is 2.69. The molecule has 1 aromatic carbocycles. The number of hydrogen-bond donors (Lipinski definition) is 1. The molecule has 0 aliphatic heterocycles. The SMILES string of the molecule is CC(C)N(CCCC[C@H](NC(=O)OC(C)(C)C)C(=O)[O-])C(=O)OCc1ccccc1. The highest BCUT2D eigenvalue weighted by Gasteiger charge is 2.21. The summed E-state index contributed by atoms with van der Waals surface area (Å²) in [5, 5.41) is 13.6. The van der Waals surface area contributed by atoms with Crippen molar-refractivity contribution in [3.63, 3.8) is 0 Å². The molecule has 168 valence electrons. The molecule has 8 nitrogen and oxygen atoms in total. The van der Waals surface area contributed by atoms with E-state index < -0.39 is 29.8 Å². The van der Waals surface area contributed by atoms with E-state index in [4.69, 9.17) is 9.47 Å². The number of alkyl carbamates (subject to hydrolysis) is 1. The number of rotatable bonds is 10. The predicted molar refractivity (Wildman–Crippen MR) is 110 cm³/mol.